The van der Waals surface area contributed by atoms with Crippen molar-refractivity contribution in [3.8, 4) is 0 Å². The summed E-state index contributed by atoms with van der Waals surface area (Å²) in [7, 11) is 0. The zero-order valence-electron chi connectivity index (χ0n) is 6.43. The fraction of sp³-hybridized carbons (Fsp3) is 1.00. The number of hydrogen-bond acceptors (Lipinski definition) is 6. The van der Waals surface area contributed by atoms with Crippen molar-refractivity contribution in [2.24, 2.45) is 0 Å². The molecule has 0 aromatic heterocycles. The quantitative estimate of drug-likeness (QED) is 0.432. The van der Waals surface area contributed by atoms with Crippen molar-refractivity contribution in [2.45, 2.75) is 13.0 Å². The molecule has 6 heteroatoms. The van der Waals surface area contributed by atoms with Gasteiger partial charge in [-0.25, -0.2) is 0 Å². The second-order valence-corrected chi connectivity index (χ2v) is 2.25. The molecule has 2 saturated heterocycles. The van der Waals surface area contributed by atoms with E-state index in [-0.39, 0.29) is 0 Å². The molecule has 0 aromatic rings. The molecular formula is C6H10O6. The van der Waals surface area contributed by atoms with Crippen LogP contribution in [0.15, 0.2) is 0 Å². The number of hydrogen-bond donors (Lipinski definition) is 0. The van der Waals surface area contributed by atoms with E-state index < -0.39 is 13.0 Å². The third-order valence-electron chi connectivity index (χ3n) is 1.40. The van der Waals surface area contributed by atoms with Crippen LogP contribution in [0.1, 0.15) is 0 Å². The Morgan fingerprint density at radius 1 is 0.667 bits per heavy atom. The van der Waals surface area contributed by atoms with Gasteiger partial charge in [0, 0.05) is 0 Å². The van der Waals surface area contributed by atoms with E-state index in [0.29, 0.717) is 26.4 Å². The van der Waals surface area contributed by atoms with Crippen LogP contribution in [-0.2, 0) is 28.7 Å². The maximum atomic E-state index is 4.93. The minimum Gasteiger partial charge on any atom is -0.326 e. The molecule has 0 unspecified atom stereocenters. The van der Waals surface area contributed by atoms with Gasteiger partial charge < -0.3 is 18.9 Å². The van der Waals surface area contributed by atoms with Crippen LogP contribution in [0, 0.1) is 0 Å². The van der Waals surface area contributed by atoms with Gasteiger partial charge in [-0.15, -0.1) is 0 Å². The first kappa shape index (κ1) is 8.36. The second kappa shape index (κ2) is 4.13. The summed E-state index contributed by atoms with van der Waals surface area (Å²) in [6.07, 6.45) is 0. The van der Waals surface area contributed by atoms with E-state index in [9.17, 15) is 0 Å². The van der Waals surface area contributed by atoms with Gasteiger partial charge in [0.05, 0.1) is 26.4 Å². The highest BCUT2D eigenvalue weighted by Gasteiger charge is 2.23. The fourth-order valence-electron chi connectivity index (χ4n) is 0.875. The van der Waals surface area contributed by atoms with Crippen molar-refractivity contribution in [1.29, 1.82) is 0 Å². The molecule has 2 rings (SSSR count). The monoisotopic (exact) mass is 178 g/mol. The summed E-state index contributed by atoms with van der Waals surface area (Å²) in [6.45, 7) is 0.553. The second-order valence-electron chi connectivity index (χ2n) is 2.25. The molecular weight excluding hydrogens is 168 g/mol. The Hall–Kier alpha value is -0.240. The molecule has 2 fully saturated rings. The lowest BCUT2D eigenvalue weighted by Gasteiger charge is -2.11. The molecule has 6 nitrogen and oxygen atoms in total. The van der Waals surface area contributed by atoms with Crippen LogP contribution in [0.25, 0.3) is 0 Å². The lowest BCUT2D eigenvalue weighted by Crippen LogP contribution is -2.20. The Labute approximate surface area is 69.2 Å². The van der Waals surface area contributed by atoms with Crippen LogP contribution >= 0.6 is 0 Å². The minimum atomic E-state index is -0.752. The van der Waals surface area contributed by atoms with Gasteiger partial charge in [-0.3, -0.25) is 0 Å². The third-order valence-corrected chi connectivity index (χ3v) is 1.40. The highest BCUT2D eigenvalue weighted by molar-refractivity contribution is 4.38. The molecule has 0 atom stereocenters. The Morgan fingerprint density at radius 2 is 1.00 bits per heavy atom. The molecule has 0 saturated carbocycles. The Balaban J connectivity index is 1.60. The van der Waals surface area contributed by atoms with E-state index in [1.165, 1.54) is 0 Å². The summed E-state index contributed by atoms with van der Waals surface area (Å²) < 4.78 is 19.7. The fourth-order valence-corrected chi connectivity index (χ4v) is 0.875. The first-order chi connectivity index (χ1) is 5.95. The van der Waals surface area contributed by atoms with Gasteiger partial charge in [-0.1, -0.05) is 0 Å². The van der Waals surface area contributed by atoms with Gasteiger partial charge in [0.15, 0.2) is 0 Å². The lowest BCUT2D eigenvalue weighted by atomic mass is 10.8. The van der Waals surface area contributed by atoms with Gasteiger partial charge >= 0.3 is 13.0 Å². The number of ether oxygens (including phenoxy) is 4. The SMILES string of the molecule is C1COC(OOC2OCCO2)O1. The Kier molecular flexibility index (Phi) is 2.88. The van der Waals surface area contributed by atoms with Crippen molar-refractivity contribution < 1.29 is 28.7 Å². The predicted octanol–water partition coefficient (Wildman–Crippen LogP) is -0.405. The van der Waals surface area contributed by atoms with Crippen LogP contribution in [-0.4, -0.2) is 39.4 Å². The summed E-state index contributed by atoms with van der Waals surface area (Å²) in [5, 5.41) is 0. The first-order valence-corrected chi connectivity index (χ1v) is 3.74. The molecule has 0 amide bonds. The summed E-state index contributed by atoms with van der Waals surface area (Å²) in [4.78, 5) is 9.38. The first-order valence-electron chi connectivity index (χ1n) is 3.74. The Morgan fingerprint density at radius 3 is 1.33 bits per heavy atom. The standard InChI is InChI=1S/C6H10O6/c1-2-8-5(7-1)11-12-6-9-3-4-10-6/h5-6H,1-4H2. The molecule has 0 spiro atoms. The van der Waals surface area contributed by atoms with E-state index in [2.05, 4.69) is 0 Å². The summed E-state index contributed by atoms with van der Waals surface area (Å²) in [6, 6.07) is 0. The maximum Gasteiger partial charge on any atom is 0.301 e. The molecule has 0 N–H and O–H groups in total. The smallest absolute Gasteiger partial charge is 0.301 e. The zero-order valence-corrected chi connectivity index (χ0v) is 6.43. The van der Waals surface area contributed by atoms with Crippen LogP contribution in [0.3, 0.4) is 0 Å². The third kappa shape index (κ3) is 2.13. The molecule has 0 bridgehead atoms. The highest BCUT2D eigenvalue weighted by atomic mass is 17.3. The molecule has 2 heterocycles. The van der Waals surface area contributed by atoms with E-state index in [1.54, 1.807) is 0 Å². The van der Waals surface area contributed by atoms with Crippen LogP contribution in [0.2, 0.25) is 0 Å². The van der Waals surface area contributed by atoms with Crippen molar-refractivity contribution in [3.05, 3.63) is 0 Å². The van der Waals surface area contributed by atoms with Gasteiger partial charge in [-0.2, -0.15) is 9.78 Å². The van der Waals surface area contributed by atoms with Gasteiger partial charge in [0.1, 0.15) is 0 Å². The summed E-state index contributed by atoms with van der Waals surface area (Å²) in [5.74, 6) is 0. The summed E-state index contributed by atoms with van der Waals surface area (Å²) in [5.41, 5.74) is 0. The van der Waals surface area contributed by atoms with E-state index >= 15 is 0 Å². The molecule has 0 aromatic carbocycles. The Bertz CT molecular complexity index is 112. The van der Waals surface area contributed by atoms with Crippen molar-refractivity contribution >= 4 is 0 Å². The normalized spacial score (nSPS) is 27.0. The van der Waals surface area contributed by atoms with Crippen molar-refractivity contribution in [2.75, 3.05) is 26.4 Å². The largest absolute Gasteiger partial charge is 0.326 e. The van der Waals surface area contributed by atoms with E-state index in [0.717, 1.165) is 0 Å². The maximum absolute atomic E-state index is 4.93. The van der Waals surface area contributed by atoms with Gasteiger partial charge in [0.2, 0.25) is 0 Å². The minimum absolute atomic E-state index is 0.514. The zero-order chi connectivity index (χ0) is 8.23. The lowest BCUT2D eigenvalue weighted by molar-refractivity contribution is -0.491. The van der Waals surface area contributed by atoms with Crippen LogP contribution in [0.5, 0.6) is 0 Å². The molecule has 2 aliphatic heterocycles. The predicted molar refractivity (Wildman–Crippen MR) is 33.6 cm³/mol. The van der Waals surface area contributed by atoms with Gasteiger partial charge in [0.25, 0.3) is 0 Å². The number of rotatable bonds is 3. The van der Waals surface area contributed by atoms with Gasteiger partial charge in [-0.05, 0) is 0 Å². The summed E-state index contributed by atoms with van der Waals surface area (Å²) >= 11 is 0. The average molecular weight is 178 g/mol. The average Bonchev–Trinajstić information content (AvgIpc) is 2.74. The van der Waals surface area contributed by atoms with Crippen LogP contribution in [0.4, 0.5) is 0 Å². The van der Waals surface area contributed by atoms with E-state index in [4.69, 9.17) is 28.7 Å². The molecule has 70 valence electrons. The molecule has 0 aliphatic carbocycles. The molecule has 12 heavy (non-hydrogen) atoms. The topological polar surface area (TPSA) is 55.4 Å². The van der Waals surface area contributed by atoms with E-state index in [1.807, 2.05) is 0 Å². The van der Waals surface area contributed by atoms with Crippen molar-refractivity contribution in [1.82, 2.24) is 0 Å². The molecule has 2 aliphatic rings. The van der Waals surface area contributed by atoms with Crippen molar-refractivity contribution in [3.63, 3.8) is 0 Å². The van der Waals surface area contributed by atoms with Crippen LogP contribution < -0.4 is 0 Å². The molecule has 0 radical (unpaired) electrons. The highest BCUT2D eigenvalue weighted by Crippen LogP contribution is 2.10.